The maximum atomic E-state index is 5.73. The lowest BCUT2D eigenvalue weighted by molar-refractivity contribution is 0.414. The topological polar surface area (TPSA) is 61.3 Å². The fraction of sp³-hybridized carbons (Fsp3) is 0.133. The van der Waals surface area contributed by atoms with Crippen LogP contribution in [0.25, 0.3) is 11.1 Å². The highest BCUT2D eigenvalue weighted by molar-refractivity contribution is 5.76. The molecule has 3 rings (SSSR count). The average Bonchev–Trinajstić information content (AvgIpc) is 2.80. The van der Waals surface area contributed by atoms with Crippen molar-refractivity contribution in [2.24, 2.45) is 0 Å². The Morgan fingerprint density at radius 1 is 1.21 bits per heavy atom. The predicted molar refractivity (Wildman–Crippen MR) is 74.2 cm³/mol. The Kier molecular flexibility index (Phi) is 2.83. The molecule has 0 radical (unpaired) electrons. The van der Waals surface area contributed by atoms with Crippen molar-refractivity contribution in [3.8, 4) is 5.75 Å². The number of aromatic nitrogens is 1. The summed E-state index contributed by atoms with van der Waals surface area (Å²) in [6, 6.07) is 13.3. The first kappa shape index (κ1) is 11.6. The number of methoxy groups -OCH3 is 1. The van der Waals surface area contributed by atoms with Crippen LogP contribution in [0.3, 0.4) is 0 Å². The van der Waals surface area contributed by atoms with Crippen LogP contribution in [-0.2, 0) is 6.42 Å². The van der Waals surface area contributed by atoms with E-state index in [4.69, 9.17) is 14.9 Å². The van der Waals surface area contributed by atoms with Gasteiger partial charge in [0.05, 0.1) is 7.11 Å². The van der Waals surface area contributed by atoms with Crippen molar-refractivity contribution in [2.75, 3.05) is 12.8 Å². The van der Waals surface area contributed by atoms with Crippen molar-refractivity contribution in [3.63, 3.8) is 0 Å². The van der Waals surface area contributed by atoms with E-state index in [9.17, 15) is 0 Å². The summed E-state index contributed by atoms with van der Waals surface area (Å²) in [5.74, 6) is 1.51. The van der Waals surface area contributed by atoms with E-state index < -0.39 is 0 Å². The van der Waals surface area contributed by atoms with Gasteiger partial charge in [-0.2, -0.15) is 0 Å². The van der Waals surface area contributed by atoms with Gasteiger partial charge in [-0.15, -0.1) is 0 Å². The minimum atomic E-state index is 0.631. The third-order valence-corrected chi connectivity index (χ3v) is 2.95. The normalized spacial score (nSPS) is 10.8. The van der Waals surface area contributed by atoms with Crippen LogP contribution in [0, 0.1) is 0 Å². The number of ether oxygens (including phenoxy) is 1. The zero-order valence-electron chi connectivity index (χ0n) is 10.6. The lowest BCUT2D eigenvalue weighted by Gasteiger charge is -2.01. The van der Waals surface area contributed by atoms with Crippen molar-refractivity contribution in [2.45, 2.75) is 6.42 Å². The highest BCUT2D eigenvalue weighted by Gasteiger charge is 2.07. The van der Waals surface area contributed by atoms with Crippen LogP contribution in [-0.4, -0.2) is 12.1 Å². The van der Waals surface area contributed by atoms with Crippen molar-refractivity contribution in [1.82, 2.24) is 4.98 Å². The summed E-state index contributed by atoms with van der Waals surface area (Å²) < 4.78 is 10.9. The molecule has 2 N–H and O–H groups in total. The number of oxazole rings is 1. The molecule has 3 aromatic rings. The fourth-order valence-electron chi connectivity index (χ4n) is 2.02. The molecule has 4 nitrogen and oxygen atoms in total. The summed E-state index contributed by atoms with van der Waals surface area (Å²) in [6.07, 6.45) is 0.631. The van der Waals surface area contributed by atoms with Crippen LogP contribution in [0.2, 0.25) is 0 Å². The van der Waals surface area contributed by atoms with Crippen molar-refractivity contribution in [1.29, 1.82) is 0 Å². The molecule has 0 atom stereocenters. The summed E-state index contributed by atoms with van der Waals surface area (Å²) in [5, 5.41) is 0. The SMILES string of the molecule is COc1cccc(Cc2nc3cc(N)ccc3o2)c1. The molecule has 19 heavy (non-hydrogen) atoms. The Labute approximate surface area is 110 Å². The van der Waals surface area contributed by atoms with Crippen LogP contribution in [0.4, 0.5) is 5.69 Å². The summed E-state index contributed by atoms with van der Waals surface area (Å²) in [7, 11) is 1.65. The molecule has 0 aliphatic rings. The molecule has 0 bridgehead atoms. The summed E-state index contributed by atoms with van der Waals surface area (Å²) >= 11 is 0. The molecule has 0 spiro atoms. The zero-order chi connectivity index (χ0) is 13.2. The van der Waals surface area contributed by atoms with Crippen LogP contribution in [0.1, 0.15) is 11.5 Å². The number of nitrogens with two attached hydrogens (primary N) is 1. The van der Waals surface area contributed by atoms with E-state index in [0.717, 1.165) is 22.4 Å². The molecule has 2 aromatic carbocycles. The first-order valence-electron chi connectivity index (χ1n) is 6.02. The van der Waals surface area contributed by atoms with Crippen LogP contribution < -0.4 is 10.5 Å². The first-order valence-corrected chi connectivity index (χ1v) is 6.02. The number of rotatable bonds is 3. The largest absolute Gasteiger partial charge is 0.497 e. The monoisotopic (exact) mass is 254 g/mol. The lowest BCUT2D eigenvalue weighted by Crippen LogP contribution is -1.89. The minimum absolute atomic E-state index is 0.631. The highest BCUT2D eigenvalue weighted by atomic mass is 16.5. The minimum Gasteiger partial charge on any atom is -0.497 e. The standard InChI is InChI=1S/C15H14N2O2/c1-18-12-4-2-3-10(7-12)8-15-17-13-9-11(16)5-6-14(13)19-15/h2-7,9H,8,16H2,1H3. The number of hydrogen-bond acceptors (Lipinski definition) is 4. The van der Waals surface area contributed by atoms with Gasteiger partial charge in [-0.25, -0.2) is 4.98 Å². The van der Waals surface area contributed by atoms with Gasteiger partial charge in [-0.1, -0.05) is 12.1 Å². The quantitative estimate of drug-likeness (QED) is 0.730. The molecular formula is C15H14N2O2. The lowest BCUT2D eigenvalue weighted by atomic mass is 10.1. The van der Waals surface area contributed by atoms with Gasteiger partial charge >= 0.3 is 0 Å². The number of fused-ring (bicyclic) bond motifs is 1. The second-order valence-corrected chi connectivity index (χ2v) is 4.36. The van der Waals surface area contributed by atoms with Gasteiger partial charge in [-0.05, 0) is 35.9 Å². The fourth-order valence-corrected chi connectivity index (χ4v) is 2.02. The average molecular weight is 254 g/mol. The molecule has 0 aliphatic heterocycles. The summed E-state index contributed by atoms with van der Waals surface area (Å²) in [5.41, 5.74) is 9.06. The number of hydrogen-bond donors (Lipinski definition) is 1. The van der Waals surface area contributed by atoms with Gasteiger partial charge in [0.1, 0.15) is 11.3 Å². The van der Waals surface area contributed by atoms with E-state index >= 15 is 0 Å². The molecule has 0 aliphatic carbocycles. The Morgan fingerprint density at radius 3 is 2.95 bits per heavy atom. The van der Waals surface area contributed by atoms with Crippen molar-refractivity contribution in [3.05, 3.63) is 53.9 Å². The molecular weight excluding hydrogens is 240 g/mol. The van der Waals surface area contributed by atoms with E-state index in [1.54, 1.807) is 7.11 Å². The van der Waals surface area contributed by atoms with Crippen LogP contribution in [0.5, 0.6) is 5.75 Å². The van der Waals surface area contributed by atoms with Gasteiger partial charge < -0.3 is 14.9 Å². The maximum Gasteiger partial charge on any atom is 0.199 e. The van der Waals surface area contributed by atoms with E-state index in [0.29, 0.717) is 18.0 Å². The Morgan fingerprint density at radius 2 is 2.11 bits per heavy atom. The highest BCUT2D eigenvalue weighted by Crippen LogP contribution is 2.21. The number of benzene rings is 2. The van der Waals surface area contributed by atoms with E-state index in [-0.39, 0.29) is 0 Å². The second-order valence-electron chi connectivity index (χ2n) is 4.36. The predicted octanol–water partition coefficient (Wildman–Crippen LogP) is 3.01. The van der Waals surface area contributed by atoms with E-state index in [2.05, 4.69) is 4.98 Å². The Balaban J connectivity index is 1.92. The smallest absolute Gasteiger partial charge is 0.199 e. The molecule has 0 fully saturated rings. The molecule has 1 aromatic heterocycles. The molecule has 96 valence electrons. The summed E-state index contributed by atoms with van der Waals surface area (Å²) in [6.45, 7) is 0. The third-order valence-electron chi connectivity index (χ3n) is 2.95. The number of nitrogen functional groups attached to an aromatic ring is 1. The molecule has 0 amide bonds. The first-order chi connectivity index (χ1) is 9.24. The summed E-state index contributed by atoms with van der Waals surface area (Å²) in [4.78, 5) is 4.44. The van der Waals surface area contributed by atoms with Crippen molar-refractivity contribution >= 4 is 16.8 Å². The van der Waals surface area contributed by atoms with E-state index in [1.165, 1.54) is 0 Å². The molecule has 0 saturated heterocycles. The third kappa shape index (κ3) is 2.38. The van der Waals surface area contributed by atoms with Crippen LogP contribution in [0.15, 0.2) is 46.9 Å². The van der Waals surface area contributed by atoms with Gasteiger partial charge in [0.25, 0.3) is 0 Å². The number of nitrogens with zero attached hydrogens (tertiary/aromatic N) is 1. The zero-order valence-corrected chi connectivity index (χ0v) is 10.6. The Bertz CT molecular complexity index is 719. The van der Waals surface area contributed by atoms with Gasteiger partial charge in [0, 0.05) is 12.1 Å². The second kappa shape index (κ2) is 4.65. The van der Waals surface area contributed by atoms with Gasteiger partial charge in [0.15, 0.2) is 11.5 Å². The van der Waals surface area contributed by atoms with E-state index in [1.807, 2.05) is 42.5 Å². The van der Waals surface area contributed by atoms with Gasteiger partial charge in [0.2, 0.25) is 0 Å². The molecule has 0 saturated carbocycles. The van der Waals surface area contributed by atoms with Gasteiger partial charge in [-0.3, -0.25) is 0 Å². The molecule has 4 heteroatoms. The Hall–Kier alpha value is -2.49. The van der Waals surface area contributed by atoms with Crippen molar-refractivity contribution < 1.29 is 9.15 Å². The molecule has 1 heterocycles. The maximum absolute atomic E-state index is 5.73. The number of anilines is 1. The van der Waals surface area contributed by atoms with Crippen LogP contribution >= 0.6 is 0 Å². The molecule has 0 unspecified atom stereocenters.